The number of ether oxygens (including phenoxy) is 7. The first kappa shape index (κ1) is 55.7. The highest BCUT2D eigenvalue weighted by Crippen LogP contribution is 2.15. The number of methoxy groups -OCH3 is 1. The smallest absolute Gasteiger partial charge is 0.331 e. The van der Waals surface area contributed by atoms with Gasteiger partial charge in [0, 0.05) is 25.9 Å². The summed E-state index contributed by atoms with van der Waals surface area (Å²) in [6.45, 7) is 9.47. The summed E-state index contributed by atoms with van der Waals surface area (Å²) in [6.07, 6.45) is 17.7. The molecule has 59 heavy (non-hydrogen) atoms. The molecule has 0 aliphatic carbocycles. The van der Waals surface area contributed by atoms with Crippen LogP contribution >= 0.6 is 0 Å². The molecule has 3 amide bonds. The van der Waals surface area contributed by atoms with Crippen molar-refractivity contribution >= 4 is 35.6 Å². The second-order valence-electron chi connectivity index (χ2n) is 15.5. The van der Waals surface area contributed by atoms with E-state index in [1.165, 1.54) is 58.5 Å². The van der Waals surface area contributed by atoms with Crippen molar-refractivity contribution in [3.63, 3.8) is 0 Å². The summed E-state index contributed by atoms with van der Waals surface area (Å²) in [4.78, 5) is 72.5. The van der Waals surface area contributed by atoms with Gasteiger partial charge in [0.1, 0.15) is 24.9 Å². The number of rotatable bonds is 40. The number of hydrogen-bond acceptors (Lipinski definition) is 13. The Labute approximate surface area is 353 Å². The molecule has 0 saturated heterocycles. The molecule has 0 spiro atoms. The van der Waals surface area contributed by atoms with Crippen LogP contribution in [0.2, 0.25) is 0 Å². The Morgan fingerprint density at radius 2 is 0.983 bits per heavy atom. The molecule has 1 atom stereocenters. The number of amides is 3. The van der Waals surface area contributed by atoms with Crippen molar-refractivity contribution in [1.29, 1.82) is 0 Å². The van der Waals surface area contributed by atoms with Gasteiger partial charge in [-0.15, -0.1) is 0 Å². The fourth-order valence-electron chi connectivity index (χ4n) is 5.60. The summed E-state index contributed by atoms with van der Waals surface area (Å²) in [5.41, 5.74) is -0.407. The van der Waals surface area contributed by atoms with Gasteiger partial charge < -0.3 is 49.1 Å². The molecule has 0 radical (unpaired) electrons. The highest BCUT2D eigenvalue weighted by Gasteiger charge is 2.25. The minimum absolute atomic E-state index is 0.101. The molecule has 0 heterocycles. The predicted octanol–water partition coefficient (Wildman–Crippen LogP) is 5.26. The average molecular weight is 846 g/mol. The third-order valence-corrected chi connectivity index (χ3v) is 8.77. The van der Waals surface area contributed by atoms with Crippen molar-refractivity contribution in [3.8, 4) is 0 Å². The molecule has 0 bridgehead atoms. The fraction of sp³-hybridized carbons (Fsp3) is 0.860. The molecule has 0 aliphatic rings. The zero-order valence-corrected chi connectivity index (χ0v) is 37.1. The van der Waals surface area contributed by atoms with Gasteiger partial charge in [0.25, 0.3) is 0 Å². The average Bonchev–Trinajstić information content (AvgIpc) is 3.18. The molecule has 0 saturated carbocycles. The Hall–Kier alpha value is -3.34. The molecule has 0 rings (SSSR count). The molecule has 0 fully saturated rings. The highest BCUT2D eigenvalue weighted by atomic mass is 16.6. The van der Waals surface area contributed by atoms with Crippen LogP contribution in [0.1, 0.15) is 150 Å². The molecular weight excluding hydrogens is 766 g/mol. The van der Waals surface area contributed by atoms with E-state index in [2.05, 4.69) is 20.7 Å². The van der Waals surface area contributed by atoms with Crippen LogP contribution in [-0.2, 0) is 61.9 Å². The van der Waals surface area contributed by atoms with Crippen LogP contribution in [-0.4, -0.2) is 127 Å². The monoisotopic (exact) mass is 846 g/mol. The van der Waals surface area contributed by atoms with E-state index in [0.29, 0.717) is 25.8 Å². The Morgan fingerprint density at radius 1 is 0.508 bits per heavy atom. The molecule has 16 heteroatoms. The van der Waals surface area contributed by atoms with Crippen molar-refractivity contribution in [1.82, 2.24) is 16.0 Å². The topological polar surface area (TPSA) is 203 Å². The number of carbonyl (C=O) groups excluding carboxylic acids is 6. The summed E-state index contributed by atoms with van der Waals surface area (Å²) < 4.78 is 36.2. The molecule has 0 unspecified atom stereocenters. The Bertz CT molecular complexity index is 1120. The third kappa shape index (κ3) is 39.9. The van der Waals surface area contributed by atoms with E-state index >= 15 is 0 Å². The quantitative estimate of drug-likeness (QED) is 0.0410. The first-order chi connectivity index (χ1) is 28.4. The van der Waals surface area contributed by atoms with Crippen LogP contribution < -0.4 is 16.0 Å². The van der Waals surface area contributed by atoms with E-state index in [9.17, 15) is 28.8 Å². The molecule has 0 aliphatic heterocycles. The van der Waals surface area contributed by atoms with E-state index < -0.39 is 29.5 Å². The van der Waals surface area contributed by atoms with Gasteiger partial charge in [0.15, 0.2) is 0 Å². The maximum absolute atomic E-state index is 12.7. The largest absolute Gasteiger partial charge is 0.467 e. The fourth-order valence-corrected chi connectivity index (χ4v) is 5.60. The zero-order valence-electron chi connectivity index (χ0n) is 37.1. The normalized spacial score (nSPS) is 11.7. The van der Waals surface area contributed by atoms with Crippen LogP contribution in [0, 0.1) is 0 Å². The van der Waals surface area contributed by atoms with Gasteiger partial charge in [0.05, 0.1) is 59.8 Å². The summed E-state index contributed by atoms with van der Waals surface area (Å²) in [6, 6.07) is -1.07. The second-order valence-corrected chi connectivity index (χ2v) is 15.5. The van der Waals surface area contributed by atoms with E-state index in [-0.39, 0.29) is 96.6 Å². The van der Waals surface area contributed by atoms with Gasteiger partial charge in [-0.3, -0.25) is 19.2 Å². The van der Waals surface area contributed by atoms with Crippen LogP contribution in [0.4, 0.5) is 0 Å². The number of hydrogen-bond donors (Lipinski definition) is 3. The lowest BCUT2D eigenvalue weighted by Gasteiger charge is -2.19. The van der Waals surface area contributed by atoms with Crippen LogP contribution in [0.3, 0.4) is 0 Å². The minimum atomic E-state index is -1.07. The Balaban J connectivity index is 3.99. The summed E-state index contributed by atoms with van der Waals surface area (Å²) in [5, 5.41) is 8.05. The number of esters is 3. The van der Waals surface area contributed by atoms with Crippen LogP contribution in [0.15, 0.2) is 0 Å². The first-order valence-corrected chi connectivity index (χ1v) is 22.0. The minimum Gasteiger partial charge on any atom is -0.467 e. The molecule has 16 nitrogen and oxygen atoms in total. The number of unbranched alkanes of at least 4 members (excludes halogenated alkanes) is 14. The SMILES string of the molecule is CCCCOC(=O)[C@H](CC(=O)NCCOCCOCC(=O)NCCOCCOCC(=O)OC)NC(=O)CCCCCCCCCCCCCCCCC(=O)OC(C)(C)C. The van der Waals surface area contributed by atoms with E-state index in [0.717, 1.165) is 38.5 Å². The standard InChI is InChI=1S/C43H79N3O13/c1-6-7-26-58-42(52)36(33-38(48)44-24-27-54-29-31-56-34-39(49)45-25-28-55-30-32-57-35-41(51)53-5)46-37(47)22-20-18-16-14-12-10-8-9-11-13-15-17-19-21-23-40(50)59-43(2,3)4/h36H,6-35H2,1-5H3,(H,44,48)(H,45,49)(H,46,47)/t36-/m0/s1. The van der Waals surface area contributed by atoms with Gasteiger partial charge in [0.2, 0.25) is 17.7 Å². The number of carbonyl (C=O) groups is 6. The molecular formula is C43H79N3O13. The van der Waals surface area contributed by atoms with Gasteiger partial charge in [-0.2, -0.15) is 0 Å². The highest BCUT2D eigenvalue weighted by molar-refractivity contribution is 5.89. The van der Waals surface area contributed by atoms with Crippen LogP contribution in [0.5, 0.6) is 0 Å². The van der Waals surface area contributed by atoms with Gasteiger partial charge >= 0.3 is 17.9 Å². The lowest BCUT2D eigenvalue weighted by molar-refractivity contribution is -0.155. The van der Waals surface area contributed by atoms with E-state index in [1.54, 1.807) is 0 Å². The van der Waals surface area contributed by atoms with Gasteiger partial charge in [-0.1, -0.05) is 90.4 Å². The van der Waals surface area contributed by atoms with Crippen molar-refractivity contribution in [2.45, 2.75) is 161 Å². The molecule has 0 aromatic heterocycles. The Kier molecular flexibility index (Phi) is 36.6. The lowest BCUT2D eigenvalue weighted by Crippen LogP contribution is -2.45. The maximum atomic E-state index is 12.7. The second kappa shape index (κ2) is 38.8. The van der Waals surface area contributed by atoms with Crippen molar-refractivity contribution in [2.24, 2.45) is 0 Å². The lowest BCUT2D eigenvalue weighted by atomic mass is 10.0. The third-order valence-electron chi connectivity index (χ3n) is 8.77. The van der Waals surface area contributed by atoms with E-state index in [1.807, 2.05) is 27.7 Å². The summed E-state index contributed by atoms with van der Waals surface area (Å²) in [5.74, 6) is -2.18. The Morgan fingerprint density at radius 3 is 1.49 bits per heavy atom. The molecule has 344 valence electrons. The van der Waals surface area contributed by atoms with Crippen molar-refractivity contribution in [2.75, 3.05) is 79.7 Å². The molecule has 0 aromatic rings. The first-order valence-electron chi connectivity index (χ1n) is 22.0. The zero-order chi connectivity index (χ0) is 43.8. The maximum Gasteiger partial charge on any atom is 0.331 e. The van der Waals surface area contributed by atoms with Gasteiger partial charge in [-0.25, -0.2) is 9.59 Å². The molecule has 0 aromatic carbocycles. The van der Waals surface area contributed by atoms with Crippen molar-refractivity contribution < 1.29 is 61.9 Å². The van der Waals surface area contributed by atoms with Crippen LogP contribution in [0.25, 0.3) is 0 Å². The van der Waals surface area contributed by atoms with Crippen molar-refractivity contribution in [3.05, 3.63) is 0 Å². The summed E-state index contributed by atoms with van der Waals surface area (Å²) in [7, 11) is 1.28. The van der Waals surface area contributed by atoms with E-state index in [4.69, 9.17) is 28.4 Å². The molecule has 3 N–H and O–H groups in total. The predicted molar refractivity (Wildman–Crippen MR) is 223 cm³/mol. The number of nitrogens with one attached hydrogen (secondary N) is 3. The van der Waals surface area contributed by atoms with Gasteiger partial charge in [-0.05, 0) is 40.0 Å². The summed E-state index contributed by atoms with van der Waals surface area (Å²) >= 11 is 0.